The second kappa shape index (κ2) is 6.96. The third-order valence-electron chi connectivity index (χ3n) is 2.87. The van der Waals surface area contributed by atoms with E-state index in [0.717, 1.165) is 17.9 Å². The molecule has 1 rings (SSSR count). The lowest BCUT2D eigenvalue weighted by Gasteiger charge is -2.13. The van der Waals surface area contributed by atoms with Gasteiger partial charge in [0, 0.05) is 20.5 Å². The van der Waals surface area contributed by atoms with E-state index in [-0.39, 0.29) is 11.8 Å². The van der Waals surface area contributed by atoms with Crippen LogP contribution in [0, 0.1) is 5.92 Å². The van der Waals surface area contributed by atoms with Crippen LogP contribution < -0.4 is 16.0 Å². The third-order valence-corrected chi connectivity index (χ3v) is 2.87. The molecule has 5 nitrogen and oxygen atoms in total. The van der Waals surface area contributed by atoms with Crippen LogP contribution in [0.1, 0.15) is 19.8 Å². The second-order valence-corrected chi connectivity index (χ2v) is 4.56. The molecule has 0 aliphatic carbocycles. The number of anilines is 2. The summed E-state index contributed by atoms with van der Waals surface area (Å²) in [6.07, 6.45) is 3.04. The van der Waals surface area contributed by atoms with E-state index >= 15 is 0 Å². The maximum absolute atomic E-state index is 11.8. The van der Waals surface area contributed by atoms with Crippen molar-refractivity contribution in [1.82, 2.24) is 4.98 Å². The Kier molecular flexibility index (Phi) is 5.58. The Balaban J connectivity index is 2.54. The molecule has 1 amide bonds. The van der Waals surface area contributed by atoms with Gasteiger partial charge in [0.05, 0.1) is 11.9 Å². The highest BCUT2D eigenvalue weighted by Crippen LogP contribution is 2.13. The van der Waals surface area contributed by atoms with Gasteiger partial charge in [0.15, 0.2) is 0 Å². The number of rotatable bonds is 6. The number of carbonyl (C=O) groups is 1. The van der Waals surface area contributed by atoms with E-state index in [1.54, 1.807) is 6.20 Å². The van der Waals surface area contributed by atoms with Crippen molar-refractivity contribution >= 4 is 17.4 Å². The van der Waals surface area contributed by atoms with Crippen LogP contribution in [0.3, 0.4) is 0 Å². The minimum absolute atomic E-state index is 0.00768. The van der Waals surface area contributed by atoms with Crippen LogP contribution in [0.4, 0.5) is 11.5 Å². The lowest BCUT2D eigenvalue weighted by Crippen LogP contribution is -2.21. The Morgan fingerprint density at radius 3 is 2.67 bits per heavy atom. The van der Waals surface area contributed by atoms with Crippen LogP contribution in [0.25, 0.3) is 0 Å². The second-order valence-electron chi connectivity index (χ2n) is 4.56. The number of aromatic nitrogens is 1. The first-order chi connectivity index (χ1) is 8.56. The highest BCUT2D eigenvalue weighted by molar-refractivity contribution is 5.90. The van der Waals surface area contributed by atoms with Crippen molar-refractivity contribution < 1.29 is 4.79 Å². The minimum Gasteiger partial charge on any atom is -0.363 e. The number of nitrogens with two attached hydrogens (primary N) is 1. The van der Waals surface area contributed by atoms with Crippen LogP contribution >= 0.6 is 0 Å². The van der Waals surface area contributed by atoms with Crippen LogP contribution in [-0.4, -0.2) is 31.5 Å². The van der Waals surface area contributed by atoms with Gasteiger partial charge in [-0.05, 0) is 24.6 Å². The van der Waals surface area contributed by atoms with Crippen LogP contribution in [0.5, 0.6) is 0 Å². The van der Waals surface area contributed by atoms with Crippen molar-refractivity contribution in [3.05, 3.63) is 18.3 Å². The standard InChI is InChI=1S/C13H22N4O/c1-4-10(8-14)7-13(18)16-11-5-6-12(15-9-11)17(2)3/h5-6,9-10H,4,7-8,14H2,1-3H3,(H,16,18). The summed E-state index contributed by atoms with van der Waals surface area (Å²) in [6.45, 7) is 2.58. The van der Waals surface area contributed by atoms with Gasteiger partial charge in [-0.2, -0.15) is 0 Å². The molecule has 5 heteroatoms. The molecule has 1 heterocycles. The van der Waals surface area contributed by atoms with Crippen molar-refractivity contribution in [2.75, 3.05) is 30.9 Å². The number of nitrogens with zero attached hydrogens (tertiary/aromatic N) is 2. The molecule has 0 aliphatic heterocycles. The van der Waals surface area contributed by atoms with E-state index in [1.807, 2.05) is 38.1 Å². The lowest BCUT2D eigenvalue weighted by atomic mass is 10.0. The first kappa shape index (κ1) is 14.4. The average molecular weight is 250 g/mol. The number of carbonyl (C=O) groups excluding carboxylic acids is 1. The fourth-order valence-electron chi connectivity index (χ4n) is 1.59. The Hall–Kier alpha value is -1.62. The third kappa shape index (κ3) is 4.33. The van der Waals surface area contributed by atoms with Gasteiger partial charge in [-0.1, -0.05) is 13.3 Å². The molecule has 100 valence electrons. The van der Waals surface area contributed by atoms with E-state index < -0.39 is 0 Å². The average Bonchev–Trinajstić information content (AvgIpc) is 2.36. The van der Waals surface area contributed by atoms with Gasteiger partial charge in [0.2, 0.25) is 5.91 Å². The number of pyridine rings is 1. The molecular formula is C13H22N4O. The fraction of sp³-hybridized carbons (Fsp3) is 0.538. The molecule has 0 saturated heterocycles. The summed E-state index contributed by atoms with van der Waals surface area (Å²) in [7, 11) is 3.85. The molecule has 0 spiro atoms. The molecule has 0 radical (unpaired) electrons. The van der Waals surface area contributed by atoms with Crippen LogP contribution in [0.15, 0.2) is 18.3 Å². The monoisotopic (exact) mass is 250 g/mol. The van der Waals surface area contributed by atoms with Gasteiger partial charge in [-0.25, -0.2) is 4.98 Å². The van der Waals surface area contributed by atoms with Gasteiger partial charge < -0.3 is 16.0 Å². The quantitative estimate of drug-likeness (QED) is 0.802. The SMILES string of the molecule is CCC(CN)CC(=O)Nc1ccc(N(C)C)nc1. The predicted octanol–water partition coefficient (Wildman–Crippen LogP) is 1.46. The van der Waals surface area contributed by atoms with Crippen LogP contribution in [-0.2, 0) is 4.79 Å². The largest absolute Gasteiger partial charge is 0.363 e. The maximum Gasteiger partial charge on any atom is 0.224 e. The normalized spacial score (nSPS) is 12.0. The van der Waals surface area contributed by atoms with E-state index in [4.69, 9.17) is 5.73 Å². The van der Waals surface area contributed by atoms with Gasteiger partial charge in [-0.3, -0.25) is 4.79 Å². The van der Waals surface area contributed by atoms with Crippen molar-refractivity contribution in [1.29, 1.82) is 0 Å². The maximum atomic E-state index is 11.8. The number of hydrogen-bond donors (Lipinski definition) is 2. The highest BCUT2D eigenvalue weighted by atomic mass is 16.1. The molecule has 0 saturated carbocycles. The first-order valence-corrected chi connectivity index (χ1v) is 6.20. The summed E-state index contributed by atoms with van der Waals surface area (Å²) >= 11 is 0. The van der Waals surface area contributed by atoms with Crippen molar-refractivity contribution in [3.8, 4) is 0 Å². The highest BCUT2D eigenvalue weighted by Gasteiger charge is 2.10. The predicted molar refractivity (Wildman–Crippen MR) is 74.6 cm³/mol. The Morgan fingerprint density at radius 1 is 1.50 bits per heavy atom. The minimum atomic E-state index is -0.00768. The van der Waals surface area contributed by atoms with Gasteiger partial charge in [-0.15, -0.1) is 0 Å². The molecule has 1 atom stereocenters. The zero-order chi connectivity index (χ0) is 13.5. The lowest BCUT2D eigenvalue weighted by molar-refractivity contribution is -0.117. The molecule has 1 aromatic heterocycles. The molecule has 0 aromatic carbocycles. The summed E-state index contributed by atoms with van der Waals surface area (Å²) in [5.41, 5.74) is 6.30. The zero-order valence-electron chi connectivity index (χ0n) is 11.3. The van der Waals surface area contributed by atoms with Crippen LogP contribution in [0.2, 0.25) is 0 Å². The summed E-state index contributed by atoms with van der Waals surface area (Å²) in [4.78, 5) is 17.9. The molecule has 1 unspecified atom stereocenters. The molecule has 18 heavy (non-hydrogen) atoms. The number of nitrogens with one attached hydrogen (secondary N) is 1. The molecule has 3 N–H and O–H groups in total. The van der Waals surface area contributed by atoms with E-state index in [9.17, 15) is 4.79 Å². The van der Waals surface area contributed by atoms with Crippen molar-refractivity contribution in [2.24, 2.45) is 11.7 Å². The zero-order valence-corrected chi connectivity index (χ0v) is 11.3. The summed E-state index contributed by atoms with van der Waals surface area (Å²) in [6, 6.07) is 3.72. The van der Waals surface area contributed by atoms with E-state index in [1.165, 1.54) is 0 Å². The molecular weight excluding hydrogens is 228 g/mol. The molecule has 1 aromatic rings. The van der Waals surface area contributed by atoms with Crippen molar-refractivity contribution in [3.63, 3.8) is 0 Å². The Morgan fingerprint density at radius 2 is 2.22 bits per heavy atom. The molecule has 0 fully saturated rings. The van der Waals surface area contributed by atoms with Crippen molar-refractivity contribution in [2.45, 2.75) is 19.8 Å². The smallest absolute Gasteiger partial charge is 0.224 e. The van der Waals surface area contributed by atoms with Gasteiger partial charge >= 0.3 is 0 Å². The van der Waals surface area contributed by atoms with Gasteiger partial charge in [0.1, 0.15) is 5.82 Å². The van der Waals surface area contributed by atoms with E-state index in [0.29, 0.717) is 13.0 Å². The topological polar surface area (TPSA) is 71.2 Å². The summed E-state index contributed by atoms with van der Waals surface area (Å²) in [5.74, 6) is 1.10. The summed E-state index contributed by atoms with van der Waals surface area (Å²) in [5, 5.41) is 2.83. The summed E-state index contributed by atoms with van der Waals surface area (Å²) < 4.78 is 0. The Labute approximate surface area is 108 Å². The number of hydrogen-bond acceptors (Lipinski definition) is 4. The Bertz CT molecular complexity index is 371. The first-order valence-electron chi connectivity index (χ1n) is 6.20. The molecule has 0 aliphatic rings. The number of amides is 1. The molecule has 0 bridgehead atoms. The van der Waals surface area contributed by atoms with Gasteiger partial charge in [0.25, 0.3) is 0 Å². The van der Waals surface area contributed by atoms with E-state index in [2.05, 4.69) is 10.3 Å². The fourth-order valence-corrected chi connectivity index (χ4v) is 1.59.